The highest BCUT2D eigenvalue weighted by molar-refractivity contribution is 6.45. The number of carbonyl (C=O) groups excluding carboxylic acids is 4. The lowest BCUT2D eigenvalue weighted by Crippen LogP contribution is -2.39. The molecule has 1 aromatic rings. The number of rotatable bonds is 5. The molecule has 0 atom stereocenters. The number of nitrogens with one attached hydrogen (secondary N) is 1. The van der Waals surface area contributed by atoms with Crippen LogP contribution in [0.25, 0.3) is 0 Å². The third-order valence-electron chi connectivity index (χ3n) is 3.01. The van der Waals surface area contributed by atoms with Gasteiger partial charge in [0.2, 0.25) is 5.91 Å². The number of urea groups is 1. The quantitative estimate of drug-likeness (QED) is 0.648. The van der Waals surface area contributed by atoms with Gasteiger partial charge < -0.3 is 5.32 Å². The van der Waals surface area contributed by atoms with Crippen LogP contribution in [0.5, 0.6) is 0 Å². The van der Waals surface area contributed by atoms with Gasteiger partial charge in [-0.05, 0) is 30.7 Å². The molecule has 1 saturated heterocycles. The molecule has 0 spiro atoms. The van der Waals surface area contributed by atoms with Crippen molar-refractivity contribution in [3.63, 3.8) is 0 Å². The molecule has 2 rings (SSSR count). The van der Waals surface area contributed by atoms with Gasteiger partial charge in [-0.25, -0.2) is 14.1 Å². The lowest BCUT2D eigenvalue weighted by atomic mass is 10.3. The van der Waals surface area contributed by atoms with E-state index in [9.17, 15) is 23.6 Å². The van der Waals surface area contributed by atoms with E-state index in [4.69, 9.17) is 0 Å². The summed E-state index contributed by atoms with van der Waals surface area (Å²) in [5.74, 6) is -3.06. The Kier molecular flexibility index (Phi) is 4.50. The summed E-state index contributed by atoms with van der Waals surface area (Å²) < 4.78 is 12.8. The van der Waals surface area contributed by atoms with Crippen molar-refractivity contribution < 1.29 is 23.6 Å². The summed E-state index contributed by atoms with van der Waals surface area (Å²) in [5.41, 5.74) is 0.322. The normalized spacial score (nSPS) is 14.7. The van der Waals surface area contributed by atoms with Crippen LogP contribution in [-0.2, 0) is 14.4 Å². The predicted octanol–water partition coefficient (Wildman–Crippen LogP) is 0.965. The molecule has 22 heavy (non-hydrogen) atoms. The fraction of sp³-hybridized carbons (Fsp3) is 0.286. The third-order valence-corrected chi connectivity index (χ3v) is 3.01. The lowest BCUT2D eigenvalue weighted by molar-refractivity contribution is -0.143. The number of amides is 5. The van der Waals surface area contributed by atoms with Crippen LogP contribution in [0.3, 0.4) is 0 Å². The second-order valence-electron chi connectivity index (χ2n) is 4.69. The molecule has 0 saturated carbocycles. The summed E-state index contributed by atoms with van der Waals surface area (Å²) in [6, 6.07) is 4.21. The van der Waals surface area contributed by atoms with Gasteiger partial charge in [0.1, 0.15) is 12.4 Å². The Hall–Kier alpha value is -2.77. The maximum absolute atomic E-state index is 12.8. The Morgan fingerprint density at radius 3 is 2.27 bits per heavy atom. The summed E-state index contributed by atoms with van der Waals surface area (Å²) in [5, 5.41) is 2.42. The second kappa shape index (κ2) is 6.33. The molecule has 0 bridgehead atoms. The van der Waals surface area contributed by atoms with E-state index in [1.807, 2.05) is 0 Å². The van der Waals surface area contributed by atoms with E-state index in [2.05, 4.69) is 5.32 Å². The Morgan fingerprint density at radius 1 is 1.09 bits per heavy atom. The van der Waals surface area contributed by atoms with Gasteiger partial charge in [-0.2, -0.15) is 0 Å². The van der Waals surface area contributed by atoms with Crippen molar-refractivity contribution in [1.82, 2.24) is 9.80 Å². The molecule has 0 aromatic heterocycles. The van der Waals surface area contributed by atoms with Gasteiger partial charge in [-0.1, -0.05) is 6.92 Å². The van der Waals surface area contributed by atoms with Gasteiger partial charge in [-0.15, -0.1) is 0 Å². The molecule has 1 heterocycles. The average Bonchev–Trinajstić information content (AvgIpc) is 2.68. The molecule has 1 aliphatic rings. The minimum Gasteiger partial charge on any atom is -0.325 e. The highest BCUT2D eigenvalue weighted by atomic mass is 19.1. The summed E-state index contributed by atoms with van der Waals surface area (Å²) in [4.78, 5) is 48.5. The molecule has 5 amide bonds. The first-order valence-electron chi connectivity index (χ1n) is 6.66. The Balaban J connectivity index is 2.02. The number of halogens is 1. The minimum atomic E-state index is -1.02. The third kappa shape index (κ3) is 3.11. The Labute approximate surface area is 125 Å². The summed E-state index contributed by atoms with van der Waals surface area (Å²) in [6.07, 6.45) is 0.514. The van der Waals surface area contributed by atoms with Crippen molar-refractivity contribution in [2.75, 3.05) is 18.4 Å². The van der Waals surface area contributed by atoms with Crippen LogP contribution in [0.1, 0.15) is 13.3 Å². The summed E-state index contributed by atoms with van der Waals surface area (Å²) in [7, 11) is 0. The van der Waals surface area contributed by atoms with Crippen LogP contribution < -0.4 is 5.32 Å². The van der Waals surface area contributed by atoms with Gasteiger partial charge in [0.25, 0.3) is 0 Å². The molecule has 0 radical (unpaired) electrons. The topological polar surface area (TPSA) is 86.8 Å². The molecule has 1 aliphatic heterocycles. The molecular formula is C14H14FN3O4. The first-order valence-corrected chi connectivity index (χ1v) is 6.66. The Morgan fingerprint density at radius 2 is 1.68 bits per heavy atom. The van der Waals surface area contributed by atoms with Crippen LogP contribution in [0, 0.1) is 5.82 Å². The summed E-state index contributed by atoms with van der Waals surface area (Å²) >= 11 is 0. The van der Waals surface area contributed by atoms with Crippen molar-refractivity contribution in [1.29, 1.82) is 0 Å². The van der Waals surface area contributed by atoms with Crippen LogP contribution in [0.15, 0.2) is 24.3 Å². The first kappa shape index (κ1) is 15.6. The molecule has 0 aliphatic carbocycles. The van der Waals surface area contributed by atoms with Crippen molar-refractivity contribution in [2.45, 2.75) is 13.3 Å². The fourth-order valence-corrected chi connectivity index (χ4v) is 1.99. The van der Waals surface area contributed by atoms with Crippen LogP contribution in [0.4, 0.5) is 14.9 Å². The molecule has 7 nitrogen and oxygen atoms in total. The zero-order valence-electron chi connectivity index (χ0n) is 11.8. The molecule has 1 fully saturated rings. The standard InChI is InChI=1S/C14H14FN3O4/c1-2-7-17-12(20)13(21)18(14(17)22)8-11(19)16-10-5-3-9(15)4-6-10/h3-6H,2,7-8H2,1H3,(H,16,19). The van der Waals surface area contributed by atoms with E-state index in [1.54, 1.807) is 6.92 Å². The van der Waals surface area contributed by atoms with E-state index in [0.29, 0.717) is 17.0 Å². The number of hydrogen-bond donors (Lipinski definition) is 1. The van der Waals surface area contributed by atoms with Gasteiger partial charge in [-0.3, -0.25) is 19.3 Å². The van der Waals surface area contributed by atoms with Crippen molar-refractivity contribution in [3.8, 4) is 0 Å². The van der Waals surface area contributed by atoms with Crippen molar-refractivity contribution in [3.05, 3.63) is 30.1 Å². The second-order valence-corrected chi connectivity index (χ2v) is 4.69. The molecule has 0 unspecified atom stereocenters. The molecule has 8 heteroatoms. The monoisotopic (exact) mass is 307 g/mol. The van der Waals surface area contributed by atoms with E-state index in [-0.39, 0.29) is 6.54 Å². The van der Waals surface area contributed by atoms with Crippen molar-refractivity contribution >= 4 is 29.4 Å². The molecule has 1 aromatic carbocycles. The first-order chi connectivity index (χ1) is 10.4. The lowest BCUT2D eigenvalue weighted by Gasteiger charge is -2.14. The van der Waals surface area contributed by atoms with Gasteiger partial charge in [0, 0.05) is 12.2 Å². The smallest absolute Gasteiger partial charge is 0.325 e. The number of carbonyl (C=O) groups is 4. The van der Waals surface area contributed by atoms with Crippen LogP contribution in [0.2, 0.25) is 0 Å². The number of hydrogen-bond acceptors (Lipinski definition) is 4. The number of imide groups is 2. The van der Waals surface area contributed by atoms with Gasteiger partial charge in [0.05, 0.1) is 0 Å². The zero-order chi connectivity index (χ0) is 16.3. The SMILES string of the molecule is CCCN1C(=O)C(=O)N(CC(=O)Nc2ccc(F)cc2)C1=O. The predicted molar refractivity (Wildman–Crippen MR) is 74.1 cm³/mol. The highest BCUT2D eigenvalue weighted by Gasteiger charge is 2.44. The zero-order valence-corrected chi connectivity index (χ0v) is 11.8. The fourth-order valence-electron chi connectivity index (χ4n) is 1.99. The molecular weight excluding hydrogens is 293 g/mol. The van der Waals surface area contributed by atoms with E-state index >= 15 is 0 Å². The highest BCUT2D eigenvalue weighted by Crippen LogP contribution is 2.13. The maximum Gasteiger partial charge on any atom is 0.334 e. The molecule has 1 N–H and O–H groups in total. The maximum atomic E-state index is 12.8. The van der Waals surface area contributed by atoms with Gasteiger partial charge in [0.15, 0.2) is 0 Å². The largest absolute Gasteiger partial charge is 0.334 e. The summed E-state index contributed by atoms with van der Waals surface area (Å²) in [6.45, 7) is 1.31. The minimum absolute atomic E-state index is 0.124. The Bertz CT molecular complexity index is 629. The average molecular weight is 307 g/mol. The molecule has 116 valence electrons. The van der Waals surface area contributed by atoms with Crippen molar-refractivity contribution in [2.24, 2.45) is 0 Å². The number of nitrogens with zero attached hydrogens (tertiary/aromatic N) is 2. The number of anilines is 1. The van der Waals surface area contributed by atoms with E-state index < -0.39 is 36.1 Å². The number of benzene rings is 1. The van der Waals surface area contributed by atoms with Crippen LogP contribution >= 0.6 is 0 Å². The van der Waals surface area contributed by atoms with E-state index in [0.717, 1.165) is 17.0 Å². The van der Waals surface area contributed by atoms with E-state index in [1.165, 1.54) is 12.1 Å². The van der Waals surface area contributed by atoms with Gasteiger partial charge >= 0.3 is 17.8 Å². The van der Waals surface area contributed by atoms with Crippen LogP contribution in [-0.4, -0.2) is 46.6 Å².